The highest BCUT2D eigenvalue weighted by Crippen LogP contribution is 2.33. The van der Waals surface area contributed by atoms with Crippen molar-refractivity contribution in [3.05, 3.63) is 34.3 Å². The van der Waals surface area contributed by atoms with E-state index in [-0.39, 0.29) is 16.3 Å². The van der Waals surface area contributed by atoms with Gasteiger partial charge in [-0.1, -0.05) is 16.8 Å². The lowest BCUT2D eigenvalue weighted by Crippen LogP contribution is -2.18. The summed E-state index contributed by atoms with van der Waals surface area (Å²) < 4.78 is 61.5. The van der Waals surface area contributed by atoms with Crippen molar-refractivity contribution in [1.82, 2.24) is 0 Å². The number of benzene rings is 1. The number of nitrogens with zero attached hydrogens (tertiary/aromatic N) is 1. The molecular weight excluding hydrogens is 357 g/mol. The van der Waals surface area contributed by atoms with Gasteiger partial charge in [0.05, 0.1) is 11.3 Å². The van der Waals surface area contributed by atoms with Crippen LogP contribution in [0.3, 0.4) is 0 Å². The number of alkyl halides is 3. The maximum Gasteiger partial charge on any atom is 0.417 e. The Hall–Kier alpha value is -1.61. The maximum absolute atomic E-state index is 12.9. The first-order chi connectivity index (χ1) is 10.2. The molecule has 1 N–H and O–H groups in total. The monoisotopic (exact) mass is 372 g/mol. The predicted molar refractivity (Wildman–Crippen MR) is 81.1 cm³/mol. The van der Waals surface area contributed by atoms with Crippen LogP contribution < -0.4 is 0 Å². The molecule has 23 heavy (non-hydrogen) atoms. The molecule has 0 aliphatic rings. The Bertz CT molecular complexity index is 674. The van der Waals surface area contributed by atoms with Gasteiger partial charge in [0.2, 0.25) is 0 Å². The van der Waals surface area contributed by atoms with E-state index in [1.54, 1.807) is 20.8 Å². The third-order valence-electron chi connectivity index (χ3n) is 2.13. The molecule has 0 bridgehead atoms. The molecule has 130 valence electrons. The van der Waals surface area contributed by atoms with E-state index >= 15 is 0 Å². The van der Waals surface area contributed by atoms with E-state index in [4.69, 9.17) is 29.6 Å². The van der Waals surface area contributed by atoms with E-state index in [1.807, 2.05) is 0 Å². The Kier molecular flexibility index (Phi) is 7.72. The van der Waals surface area contributed by atoms with Gasteiger partial charge in [0.25, 0.3) is 0 Å². The second kappa shape index (κ2) is 8.30. The number of rotatable bonds is 2. The quantitative estimate of drug-likeness (QED) is 0.612. The average Bonchev–Trinajstić information content (AvgIpc) is 2.32. The van der Waals surface area contributed by atoms with E-state index in [1.165, 1.54) is 19.1 Å². The number of halogens is 4. The Morgan fingerprint density at radius 2 is 1.74 bits per heavy atom. The van der Waals surface area contributed by atoms with Crippen LogP contribution in [0.5, 0.6) is 0 Å². The van der Waals surface area contributed by atoms with Crippen molar-refractivity contribution in [2.75, 3.05) is 0 Å². The van der Waals surface area contributed by atoms with Gasteiger partial charge >= 0.3 is 16.7 Å². The largest absolute Gasteiger partial charge is 0.417 e. The molecule has 0 aromatic heterocycles. The maximum atomic E-state index is 12.9. The van der Waals surface area contributed by atoms with Crippen LogP contribution in [0.25, 0.3) is 0 Å². The van der Waals surface area contributed by atoms with Gasteiger partial charge in [0.15, 0.2) is 0 Å². The van der Waals surface area contributed by atoms with E-state index in [0.29, 0.717) is 0 Å². The molecule has 0 atom stereocenters. The fourth-order valence-corrected chi connectivity index (χ4v) is 1.49. The minimum Gasteiger partial charge on any atom is -0.390 e. The van der Waals surface area contributed by atoms with E-state index in [9.17, 15) is 13.2 Å². The van der Waals surface area contributed by atoms with Crippen LogP contribution in [0.4, 0.5) is 13.2 Å². The summed E-state index contributed by atoms with van der Waals surface area (Å²) in [7, 11) is -2.61. The molecule has 0 unspecified atom stereocenters. The number of hydrogen-bond acceptors (Lipinski definition) is 5. The van der Waals surface area contributed by atoms with Gasteiger partial charge in [-0.2, -0.15) is 26.4 Å². The van der Waals surface area contributed by atoms with Crippen molar-refractivity contribution in [1.29, 1.82) is 4.78 Å². The summed E-state index contributed by atoms with van der Waals surface area (Å²) in [6.07, 6.45) is -4.46. The molecule has 1 aromatic rings. The van der Waals surface area contributed by atoms with E-state index in [0.717, 1.165) is 6.07 Å². The molecule has 0 saturated carbocycles. The summed E-state index contributed by atoms with van der Waals surface area (Å²) in [5.41, 5.74) is -1.30. The fourth-order valence-electron chi connectivity index (χ4n) is 1.32. The van der Waals surface area contributed by atoms with E-state index < -0.39 is 27.8 Å². The van der Waals surface area contributed by atoms with Crippen LogP contribution in [-0.4, -0.2) is 19.7 Å². The van der Waals surface area contributed by atoms with Crippen molar-refractivity contribution in [2.45, 2.75) is 39.5 Å². The summed E-state index contributed by atoms with van der Waals surface area (Å²) in [5, 5.41) is 3.95. The molecule has 0 spiro atoms. The summed E-state index contributed by atoms with van der Waals surface area (Å²) in [6.45, 7) is 6.72. The summed E-state index contributed by atoms with van der Waals surface area (Å²) in [4.78, 5) is 5.13. The molecular formula is C13H16ClF3N2O3S. The minimum absolute atomic E-state index is 0.0794. The lowest BCUT2D eigenvalue weighted by molar-refractivity contribution is -0.137. The minimum atomic E-state index is -4.46. The standard InChI is InChI=1S/C13H15ClF3NO.HNO2S/c1-8(18-19-12(2,3)4)10-7-9(14)5-6-11(10)13(15,16)17;1-4(2)3/h5-7H,1-4H3;1H/b18-8+;. The van der Waals surface area contributed by atoms with Gasteiger partial charge in [-0.05, 0) is 45.9 Å². The fraction of sp³-hybridized carbons (Fsp3) is 0.462. The van der Waals surface area contributed by atoms with Gasteiger partial charge in [-0.3, -0.25) is 0 Å². The van der Waals surface area contributed by atoms with Gasteiger partial charge < -0.3 is 4.84 Å². The lowest BCUT2D eigenvalue weighted by atomic mass is 10.0. The second-order valence-electron chi connectivity index (χ2n) is 5.30. The summed E-state index contributed by atoms with van der Waals surface area (Å²) >= 11 is 5.74. The van der Waals surface area contributed by atoms with Crippen LogP contribution in [0.1, 0.15) is 38.8 Å². The molecule has 5 nitrogen and oxygen atoms in total. The third-order valence-corrected chi connectivity index (χ3v) is 2.37. The molecule has 0 heterocycles. The first-order valence-corrected chi connectivity index (χ1v) is 7.59. The van der Waals surface area contributed by atoms with Crippen molar-refractivity contribution in [3.63, 3.8) is 0 Å². The Morgan fingerprint density at radius 1 is 1.26 bits per heavy atom. The number of hydrogen-bond donors (Lipinski definition) is 1. The highest BCUT2D eigenvalue weighted by Gasteiger charge is 2.34. The third kappa shape index (κ3) is 9.19. The molecule has 1 aromatic carbocycles. The van der Waals surface area contributed by atoms with Crippen molar-refractivity contribution < 1.29 is 26.4 Å². The summed E-state index contributed by atoms with van der Waals surface area (Å²) in [6, 6.07) is 3.37. The number of oxime groups is 1. The molecule has 10 heteroatoms. The zero-order chi connectivity index (χ0) is 18.4. The van der Waals surface area contributed by atoms with Crippen LogP contribution >= 0.6 is 11.6 Å². The SMILES string of the molecule is C/C(=N\OC(C)(C)C)c1cc(Cl)ccc1C(F)(F)F.N=S(=O)=O. The van der Waals surface area contributed by atoms with Gasteiger partial charge in [-0.15, -0.1) is 0 Å². The predicted octanol–water partition coefficient (Wildman–Crippen LogP) is 4.53. The van der Waals surface area contributed by atoms with Crippen LogP contribution in [0.15, 0.2) is 23.4 Å². The highest BCUT2D eigenvalue weighted by molar-refractivity contribution is 7.60. The van der Waals surface area contributed by atoms with Crippen LogP contribution in [-0.2, 0) is 21.5 Å². The molecule has 0 fully saturated rings. The molecule has 0 radical (unpaired) electrons. The normalized spacial score (nSPS) is 12.3. The average molecular weight is 373 g/mol. The Morgan fingerprint density at radius 3 is 2.13 bits per heavy atom. The lowest BCUT2D eigenvalue weighted by Gasteiger charge is -2.17. The highest BCUT2D eigenvalue weighted by atomic mass is 35.5. The van der Waals surface area contributed by atoms with Crippen molar-refractivity contribution in [2.24, 2.45) is 5.16 Å². The molecule has 0 amide bonds. The molecule has 0 saturated heterocycles. The van der Waals surface area contributed by atoms with Crippen molar-refractivity contribution in [3.8, 4) is 0 Å². The number of nitrogens with one attached hydrogen (secondary N) is 1. The van der Waals surface area contributed by atoms with Crippen LogP contribution in [0.2, 0.25) is 5.02 Å². The first-order valence-electron chi connectivity index (χ1n) is 6.14. The van der Waals surface area contributed by atoms with Gasteiger partial charge in [-0.25, -0.2) is 0 Å². The van der Waals surface area contributed by atoms with Crippen LogP contribution in [0, 0.1) is 4.78 Å². The molecule has 0 aliphatic heterocycles. The summed E-state index contributed by atoms with van der Waals surface area (Å²) in [5.74, 6) is 0. The smallest absolute Gasteiger partial charge is 0.390 e. The second-order valence-corrected chi connectivity index (χ2v) is 6.21. The Labute approximate surface area is 138 Å². The zero-order valence-electron chi connectivity index (χ0n) is 12.8. The van der Waals surface area contributed by atoms with Gasteiger partial charge in [0, 0.05) is 10.6 Å². The van der Waals surface area contributed by atoms with Gasteiger partial charge in [0.1, 0.15) is 5.60 Å². The van der Waals surface area contributed by atoms with E-state index in [2.05, 4.69) is 5.16 Å². The molecule has 1 rings (SSSR count). The molecule has 0 aliphatic carbocycles. The zero-order valence-corrected chi connectivity index (χ0v) is 14.4. The topological polar surface area (TPSA) is 79.6 Å². The first kappa shape index (κ1) is 21.4. The Balaban J connectivity index is 0.00000108. The van der Waals surface area contributed by atoms with Crippen molar-refractivity contribution >= 4 is 27.8 Å².